The molecule has 20 heavy (non-hydrogen) atoms. The van der Waals surface area contributed by atoms with Crippen molar-refractivity contribution >= 4 is 17.5 Å². The van der Waals surface area contributed by atoms with Gasteiger partial charge in [-0.25, -0.2) is 4.98 Å². The van der Waals surface area contributed by atoms with Crippen LogP contribution in [0.4, 0.5) is 5.69 Å². The SMILES string of the molecule is CNC(=O)c1ccccc1NC(=O)c1cccc(C)n1. The summed E-state index contributed by atoms with van der Waals surface area (Å²) in [6.45, 7) is 1.81. The fourth-order valence-electron chi connectivity index (χ4n) is 1.78. The van der Waals surface area contributed by atoms with E-state index in [2.05, 4.69) is 15.6 Å². The van der Waals surface area contributed by atoms with Crippen molar-refractivity contribution in [2.75, 3.05) is 12.4 Å². The van der Waals surface area contributed by atoms with Crippen LogP contribution in [0.5, 0.6) is 0 Å². The first kappa shape index (κ1) is 13.7. The highest BCUT2D eigenvalue weighted by Gasteiger charge is 2.13. The van der Waals surface area contributed by atoms with E-state index in [1.54, 1.807) is 43.4 Å². The molecule has 1 heterocycles. The second kappa shape index (κ2) is 5.97. The number of carbonyl (C=O) groups excluding carboxylic acids is 2. The second-order valence-electron chi connectivity index (χ2n) is 4.24. The van der Waals surface area contributed by atoms with E-state index >= 15 is 0 Å². The first-order chi connectivity index (χ1) is 9.61. The molecule has 0 saturated heterocycles. The van der Waals surface area contributed by atoms with Crippen LogP contribution in [0.15, 0.2) is 42.5 Å². The van der Waals surface area contributed by atoms with Gasteiger partial charge in [-0.2, -0.15) is 0 Å². The quantitative estimate of drug-likeness (QED) is 0.895. The number of anilines is 1. The zero-order valence-corrected chi connectivity index (χ0v) is 11.3. The van der Waals surface area contributed by atoms with Crippen molar-refractivity contribution < 1.29 is 9.59 Å². The van der Waals surface area contributed by atoms with E-state index in [1.807, 2.05) is 13.0 Å². The Morgan fingerprint density at radius 3 is 2.45 bits per heavy atom. The molecule has 5 nitrogen and oxygen atoms in total. The highest BCUT2D eigenvalue weighted by Crippen LogP contribution is 2.15. The molecule has 0 aliphatic rings. The first-order valence-corrected chi connectivity index (χ1v) is 6.18. The van der Waals surface area contributed by atoms with Gasteiger partial charge < -0.3 is 10.6 Å². The number of nitrogens with one attached hydrogen (secondary N) is 2. The second-order valence-corrected chi connectivity index (χ2v) is 4.24. The van der Waals surface area contributed by atoms with Crippen LogP contribution in [0.1, 0.15) is 26.5 Å². The maximum Gasteiger partial charge on any atom is 0.274 e. The van der Waals surface area contributed by atoms with Crippen molar-refractivity contribution in [1.82, 2.24) is 10.3 Å². The van der Waals surface area contributed by atoms with Gasteiger partial charge in [0.1, 0.15) is 5.69 Å². The van der Waals surface area contributed by atoms with Crippen molar-refractivity contribution in [1.29, 1.82) is 0 Å². The molecular formula is C15H15N3O2. The average Bonchev–Trinajstić information content (AvgIpc) is 2.47. The lowest BCUT2D eigenvalue weighted by molar-refractivity contribution is 0.0964. The number of amides is 2. The Hall–Kier alpha value is -2.69. The van der Waals surface area contributed by atoms with Crippen molar-refractivity contribution in [2.45, 2.75) is 6.92 Å². The van der Waals surface area contributed by atoms with E-state index in [4.69, 9.17) is 0 Å². The van der Waals surface area contributed by atoms with E-state index in [0.717, 1.165) is 5.69 Å². The molecule has 2 N–H and O–H groups in total. The fraction of sp³-hybridized carbons (Fsp3) is 0.133. The van der Waals surface area contributed by atoms with Crippen molar-refractivity contribution in [3.05, 3.63) is 59.4 Å². The summed E-state index contributed by atoms with van der Waals surface area (Å²) in [7, 11) is 1.54. The molecule has 0 spiro atoms. The van der Waals surface area contributed by atoms with Crippen LogP contribution in [-0.2, 0) is 0 Å². The first-order valence-electron chi connectivity index (χ1n) is 6.18. The number of benzene rings is 1. The Labute approximate surface area is 117 Å². The molecule has 102 valence electrons. The number of aryl methyl sites for hydroxylation is 1. The lowest BCUT2D eigenvalue weighted by Gasteiger charge is -2.09. The number of aromatic nitrogens is 1. The molecule has 0 atom stereocenters. The summed E-state index contributed by atoms with van der Waals surface area (Å²) in [5.41, 5.74) is 1.95. The number of para-hydroxylation sites is 1. The van der Waals surface area contributed by atoms with Crippen LogP contribution in [0, 0.1) is 6.92 Å². The average molecular weight is 269 g/mol. The van der Waals surface area contributed by atoms with E-state index < -0.39 is 0 Å². The summed E-state index contributed by atoms with van der Waals surface area (Å²) >= 11 is 0. The fourth-order valence-corrected chi connectivity index (χ4v) is 1.78. The van der Waals surface area contributed by atoms with Crippen LogP contribution < -0.4 is 10.6 Å². The number of pyridine rings is 1. The third kappa shape index (κ3) is 3.00. The molecular weight excluding hydrogens is 254 g/mol. The van der Waals surface area contributed by atoms with E-state index in [-0.39, 0.29) is 11.8 Å². The molecule has 0 radical (unpaired) electrons. The number of carbonyl (C=O) groups is 2. The molecule has 0 saturated carbocycles. The molecule has 2 amide bonds. The zero-order valence-electron chi connectivity index (χ0n) is 11.3. The highest BCUT2D eigenvalue weighted by atomic mass is 16.2. The molecule has 2 rings (SSSR count). The maximum absolute atomic E-state index is 12.1. The molecule has 5 heteroatoms. The Kier molecular flexibility index (Phi) is 4.10. The molecule has 0 fully saturated rings. The largest absolute Gasteiger partial charge is 0.355 e. The van der Waals surface area contributed by atoms with Crippen molar-refractivity contribution in [3.8, 4) is 0 Å². The van der Waals surface area contributed by atoms with Gasteiger partial charge in [0.25, 0.3) is 11.8 Å². The summed E-state index contributed by atoms with van der Waals surface area (Å²) in [5, 5.41) is 5.24. The van der Waals surface area contributed by atoms with Gasteiger partial charge in [0, 0.05) is 12.7 Å². The van der Waals surface area contributed by atoms with Gasteiger partial charge in [-0.3, -0.25) is 9.59 Å². The predicted octanol–water partition coefficient (Wildman–Crippen LogP) is 2.00. The van der Waals surface area contributed by atoms with Gasteiger partial charge in [0.2, 0.25) is 0 Å². The van der Waals surface area contributed by atoms with Gasteiger partial charge in [0.15, 0.2) is 0 Å². The van der Waals surface area contributed by atoms with Gasteiger partial charge in [0.05, 0.1) is 11.3 Å². The summed E-state index contributed by atoms with van der Waals surface area (Å²) in [6, 6.07) is 12.0. The normalized spacial score (nSPS) is 9.90. The summed E-state index contributed by atoms with van der Waals surface area (Å²) in [4.78, 5) is 28.0. The lowest BCUT2D eigenvalue weighted by Crippen LogP contribution is -2.21. The Balaban J connectivity index is 2.26. The molecule has 0 aliphatic carbocycles. The predicted molar refractivity (Wildman–Crippen MR) is 76.8 cm³/mol. The van der Waals surface area contributed by atoms with Crippen LogP contribution in [0.2, 0.25) is 0 Å². The van der Waals surface area contributed by atoms with Crippen LogP contribution in [0.25, 0.3) is 0 Å². The van der Waals surface area contributed by atoms with Gasteiger partial charge in [-0.15, -0.1) is 0 Å². The van der Waals surface area contributed by atoms with Gasteiger partial charge in [-0.05, 0) is 31.2 Å². The Morgan fingerprint density at radius 1 is 1.00 bits per heavy atom. The van der Waals surface area contributed by atoms with Crippen LogP contribution in [0.3, 0.4) is 0 Å². The monoisotopic (exact) mass is 269 g/mol. The summed E-state index contributed by atoms with van der Waals surface area (Å²) in [6.07, 6.45) is 0. The van der Waals surface area contributed by atoms with Crippen LogP contribution in [-0.4, -0.2) is 23.8 Å². The van der Waals surface area contributed by atoms with Gasteiger partial charge in [-0.1, -0.05) is 18.2 Å². The minimum absolute atomic E-state index is 0.252. The summed E-state index contributed by atoms with van der Waals surface area (Å²) in [5.74, 6) is -0.594. The molecule has 0 unspecified atom stereocenters. The number of nitrogens with zero attached hydrogens (tertiary/aromatic N) is 1. The topological polar surface area (TPSA) is 71.1 Å². The maximum atomic E-state index is 12.1. The molecule has 2 aromatic rings. The lowest BCUT2D eigenvalue weighted by atomic mass is 10.1. The Morgan fingerprint density at radius 2 is 1.75 bits per heavy atom. The third-order valence-electron chi connectivity index (χ3n) is 2.77. The Bertz CT molecular complexity index is 653. The minimum atomic E-state index is -0.343. The molecule has 0 bridgehead atoms. The third-order valence-corrected chi connectivity index (χ3v) is 2.77. The zero-order chi connectivity index (χ0) is 14.5. The molecule has 0 aliphatic heterocycles. The highest BCUT2D eigenvalue weighted by molar-refractivity contribution is 6.08. The number of hydrogen-bond donors (Lipinski definition) is 2. The minimum Gasteiger partial charge on any atom is -0.355 e. The van der Waals surface area contributed by atoms with Crippen LogP contribution >= 0.6 is 0 Å². The van der Waals surface area contributed by atoms with E-state index in [9.17, 15) is 9.59 Å². The summed E-state index contributed by atoms with van der Waals surface area (Å²) < 4.78 is 0. The van der Waals surface area contributed by atoms with Gasteiger partial charge >= 0.3 is 0 Å². The van der Waals surface area contributed by atoms with Crippen molar-refractivity contribution in [3.63, 3.8) is 0 Å². The molecule has 1 aromatic carbocycles. The smallest absolute Gasteiger partial charge is 0.274 e. The number of rotatable bonds is 3. The van der Waals surface area contributed by atoms with E-state index in [0.29, 0.717) is 16.9 Å². The van der Waals surface area contributed by atoms with E-state index in [1.165, 1.54) is 0 Å². The molecule has 1 aromatic heterocycles. The number of hydrogen-bond acceptors (Lipinski definition) is 3. The van der Waals surface area contributed by atoms with Crippen molar-refractivity contribution in [2.24, 2.45) is 0 Å². The standard InChI is InChI=1S/C15H15N3O2/c1-10-6-5-9-13(17-10)15(20)18-12-8-4-3-7-11(12)14(19)16-2/h3-9H,1-2H3,(H,16,19)(H,18,20).